The fraction of sp³-hybridized carbons (Fsp3) is 0.692. The number of hydrogen-bond acceptors (Lipinski definition) is 2. The number of aryl methyl sites for hydroxylation is 1. The molecule has 4 heteroatoms. The number of aliphatic carboxylic acids is 1. The Morgan fingerprint density at radius 2 is 2.00 bits per heavy atom. The Balaban J connectivity index is 0.000000317. The Bertz CT molecular complexity index is 337. The van der Waals surface area contributed by atoms with Crippen LogP contribution in [0.15, 0.2) is 18.7 Å². The molecule has 1 aromatic heterocycles. The molecule has 1 heterocycles. The number of nitrogens with zero attached hydrogens (tertiary/aromatic N) is 2. The summed E-state index contributed by atoms with van der Waals surface area (Å²) in [5, 5.41) is 8.89. The Morgan fingerprint density at radius 1 is 1.41 bits per heavy atom. The van der Waals surface area contributed by atoms with Gasteiger partial charge in [0.1, 0.15) is 12.4 Å². The maximum atomic E-state index is 8.89. The number of imidazole rings is 1. The maximum Gasteiger partial charge on any atom is 0.243 e. The molecule has 0 spiro atoms. The minimum Gasteiger partial charge on any atom is -0.550 e. The van der Waals surface area contributed by atoms with Crippen LogP contribution in [0.25, 0.3) is 0 Å². The molecule has 0 N–H and O–H groups in total. The predicted octanol–water partition coefficient (Wildman–Crippen LogP) is 0.649. The quantitative estimate of drug-likeness (QED) is 0.710. The van der Waals surface area contributed by atoms with Gasteiger partial charge in [-0.25, -0.2) is 9.13 Å². The summed E-state index contributed by atoms with van der Waals surface area (Å²) in [7, 11) is 2.08. The number of carbonyl (C=O) groups is 1. The molecule has 1 aliphatic carbocycles. The predicted molar refractivity (Wildman–Crippen MR) is 62.9 cm³/mol. The zero-order valence-electron chi connectivity index (χ0n) is 10.8. The number of rotatable bonds is 2. The third-order valence-corrected chi connectivity index (χ3v) is 3.02. The zero-order valence-corrected chi connectivity index (χ0v) is 10.8. The second-order valence-electron chi connectivity index (χ2n) is 4.77. The Labute approximate surface area is 103 Å². The van der Waals surface area contributed by atoms with Crippen molar-refractivity contribution in [3.63, 3.8) is 0 Å². The van der Waals surface area contributed by atoms with Gasteiger partial charge in [0.05, 0.1) is 13.6 Å². The van der Waals surface area contributed by atoms with Crippen molar-refractivity contribution in [2.24, 2.45) is 13.0 Å². The van der Waals surface area contributed by atoms with E-state index in [0.717, 1.165) is 12.8 Å². The summed E-state index contributed by atoms with van der Waals surface area (Å²) < 4.78 is 4.43. The summed E-state index contributed by atoms with van der Waals surface area (Å²) in [5.41, 5.74) is 0. The highest BCUT2D eigenvalue weighted by molar-refractivity contribution is 5.60. The van der Waals surface area contributed by atoms with Crippen molar-refractivity contribution in [3.05, 3.63) is 18.7 Å². The summed E-state index contributed by atoms with van der Waals surface area (Å²) in [4.78, 5) is 8.89. The first-order valence-electron chi connectivity index (χ1n) is 6.26. The van der Waals surface area contributed by atoms with Crippen LogP contribution in [0.3, 0.4) is 0 Å². The van der Waals surface area contributed by atoms with Gasteiger partial charge in [0.15, 0.2) is 0 Å². The maximum absolute atomic E-state index is 8.89. The zero-order chi connectivity index (χ0) is 12.7. The molecule has 1 aromatic rings. The second kappa shape index (κ2) is 7.09. The molecule has 0 radical (unpaired) electrons. The van der Waals surface area contributed by atoms with Crippen molar-refractivity contribution in [2.45, 2.75) is 45.6 Å². The van der Waals surface area contributed by atoms with Crippen LogP contribution in [0.4, 0.5) is 0 Å². The van der Waals surface area contributed by atoms with Gasteiger partial charge >= 0.3 is 0 Å². The van der Waals surface area contributed by atoms with Crippen molar-refractivity contribution >= 4 is 5.97 Å². The highest BCUT2D eigenvalue weighted by atomic mass is 16.4. The molecule has 0 aliphatic heterocycles. The molecule has 1 fully saturated rings. The molecule has 0 unspecified atom stereocenters. The van der Waals surface area contributed by atoms with Crippen LogP contribution in [0.2, 0.25) is 0 Å². The fourth-order valence-electron chi connectivity index (χ4n) is 2.28. The van der Waals surface area contributed by atoms with E-state index in [2.05, 4.69) is 34.9 Å². The lowest BCUT2D eigenvalue weighted by molar-refractivity contribution is -0.671. The number of hydrogen-bond donors (Lipinski definition) is 0. The average molecular weight is 238 g/mol. The van der Waals surface area contributed by atoms with E-state index in [1.165, 1.54) is 38.6 Å². The van der Waals surface area contributed by atoms with Crippen LogP contribution in [-0.2, 0) is 18.4 Å². The fourth-order valence-corrected chi connectivity index (χ4v) is 2.28. The topological polar surface area (TPSA) is 48.9 Å². The van der Waals surface area contributed by atoms with Gasteiger partial charge in [0, 0.05) is 5.97 Å². The standard InChI is InChI=1S/C11H19N2.C2H4O2/c1-12-7-8-13(10-12)9-11-5-3-2-4-6-11;1-2(3)4/h7-8,10-11H,2-6,9H2,1H3;1H3,(H,3,4)/q+1;/p-1. The third kappa shape index (κ3) is 6.09. The van der Waals surface area contributed by atoms with Crippen molar-refractivity contribution < 1.29 is 14.5 Å². The van der Waals surface area contributed by atoms with Gasteiger partial charge in [-0.2, -0.15) is 0 Å². The van der Waals surface area contributed by atoms with E-state index in [-0.39, 0.29) is 0 Å². The van der Waals surface area contributed by atoms with E-state index in [1.807, 2.05) is 0 Å². The van der Waals surface area contributed by atoms with Gasteiger partial charge in [-0.05, 0) is 25.7 Å². The van der Waals surface area contributed by atoms with Crippen LogP contribution >= 0.6 is 0 Å². The minimum atomic E-state index is -1.08. The second-order valence-corrected chi connectivity index (χ2v) is 4.77. The van der Waals surface area contributed by atoms with Gasteiger partial charge in [-0.3, -0.25) is 0 Å². The lowest BCUT2D eigenvalue weighted by Gasteiger charge is -2.19. The Morgan fingerprint density at radius 3 is 2.47 bits per heavy atom. The molecule has 0 amide bonds. The summed E-state index contributed by atoms with van der Waals surface area (Å²) in [6.45, 7) is 2.20. The van der Waals surface area contributed by atoms with Crippen LogP contribution in [0, 0.1) is 5.92 Å². The molecule has 0 aromatic carbocycles. The molecule has 0 bridgehead atoms. The van der Waals surface area contributed by atoms with Gasteiger partial charge < -0.3 is 9.90 Å². The Hall–Kier alpha value is -1.32. The molecule has 2 rings (SSSR count). The molecule has 0 atom stereocenters. The summed E-state index contributed by atoms with van der Waals surface area (Å²) >= 11 is 0. The number of aromatic nitrogens is 2. The van der Waals surface area contributed by atoms with E-state index in [0.29, 0.717) is 0 Å². The average Bonchev–Trinajstić information content (AvgIpc) is 2.65. The lowest BCUT2D eigenvalue weighted by atomic mass is 9.89. The third-order valence-electron chi connectivity index (χ3n) is 3.02. The van der Waals surface area contributed by atoms with Crippen LogP contribution in [-0.4, -0.2) is 10.5 Å². The molecule has 0 saturated heterocycles. The van der Waals surface area contributed by atoms with Crippen molar-refractivity contribution in [1.29, 1.82) is 0 Å². The molecule has 1 saturated carbocycles. The van der Waals surface area contributed by atoms with Gasteiger partial charge in [0.25, 0.3) is 0 Å². The highest BCUT2D eigenvalue weighted by Crippen LogP contribution is 2.24. The first-order chi connectivity index (χ1) is 8.08. The molecule has 4 nitrogen and oxygen atoms in total. The summed E-state index contributed by atoms with van der Waals surface area (Å²) in [5.74, 6) is -0.152. The van der Waals surface area contributed by atoms with E-state index in [4.69, 9.17) is 9.90 Å². The van der Waals surface area contributed by atoms with E-state index < -0.39 is 5.97 Å². The number of carboxylic acids is 1. The smallest absolute Gasteiger partial charge is 0.243 e. The SMILES string of the molecule is CC(=O)[O-].C[n+]1ccn(CC2CCCCC2)c1. The van der Waals surface area contributed by atoms with Crippen LogP contribution in [0.1, 0.15) is 39.0 Å². The normalized spacial score (nSPS) is 16.1. The Kier molecular flexibility index (Phi) is 5.73. The van der Waals surface area contributed by atoms with Gasteiger partial charge in [0.2, 0.25) is 6.33 Å². The lowest BCUT2D eigenvalue weighted by Crippen LogP contribution is -2.24. The van der Waals surface area contributed by atoms with E-state index in [1.54, 1.807) is 0 Å². The van der Waals surface area contributed by atoms with Crippen molar-refractivity contribution in [3.8, 4) is 0 Å². The summed E-state index contributed by atoms with van der Waals surface area (Å²) in [6, 6.07) is 0. The van der Waals surface area contributed by atoms with Crippen molar-refractivity contribution in [2.75, 3.05) is 0 Å². The molecular formula is C13H22N2O2. The number of carboxylic acid groups (broad SMARTS) is 1. The first-order valence-corrected chi connectivity index (χ1v) is 6.26. The van der Waals surface area contributed by atoms with Crippen LogP contribution < -0.4 is 9.67 Å². The first kappa shape index (κ1) is 13.7. The highest BCUT2D eigenvalue weighted by Gasteiger charge is 2.15. The van der Waals surface area contributed by atoms with Crippen molar-refractivity contribution in [1.82, 2.24) is 4.57 Å². The monoisotopic (exact) mass is 238 g/mol. The van der Waals surface area contributed by atoms with Crippen LogP contribution in [0.5, 0.6) is 0 Å². The number of carbonyl (C=O) groups excluding carboxylic acids is 1. The van der Waals surface area contributed by atoms with Gasteiger partial charge in [-0.1, -0.05) is 19.3 Å². The molecule has 96 valence electrons. The largest absolute Gasteiger partial charge is 0.550 e. The van der Waals surface area contributed by atoms with Gasteiger partial charge in [-0.15, -0.1) is 0 Å². The molecule has 1 aliphatic rings. The van der Waals surface area contributed by atoms with E-state index in [9.17, 15) is 0 Å². The minimum absolute atomic E-state index is 0.932. The molecule has 17 heavy (non-hydrogen) atoms. The summed E-state index contributed by atoms with van der Waals surface area (Å²) in [6.07, 6.45) is 13.7. The molecular weight excluding hydrogens is 216 g/mol. The van der Waals surface area contributed by atoms with E-state index >= 15 is 0 Å².